The molecule has 1 heterocycles. The van der Waals surface area contributed by atoms with E-state index in [4.69, 9.17) is 4.52 Å². The average molecular weight is 442 g/mol. The molecule has 1 aromatic heterocycles. The first-order chi connectivity index (χ1) is 13.7. The second-order valence-electron chi connectivity index (χ2n) is 5.79. The molecule has 2 aromatic carbocycles. The van der Waals surface area contributed by atoms with E-state index in [0.717, 1.165) is 24.3 Å². The van der Waals surface area contributed by atoms with E-state index in [2.05, 4.69) is 14.9 Å². The summed E-state index contributed by atoms with van der Waals surface area (Å²) in [6, 6.07) is 4.80. The fourth-order valence-electron chi connectivity index (χ4n) is 2.34. The molecule has 30 heavy (non-hydrogen) atoms. The molecule has 160 valence electrons. The molecule has 0 aliphatic rings. The predicted octanol–water partition coefficient (Wildman–Crippen LogP) is 6.34. The Balaban J connectivity index is 1.96. The molecule has 3 rings (SSSR count). The standard InChI is InChI=1S/C17H7F9N2O2/c18-15(19,20)10-5-9(6-11(7-10)16(21,22)23)13-27-14(30-28-13)8-1-3-12(4-2-8)29-17(24,25)26/h1-7H. The summed E-state index contributed by atoms with van der Waals surface area (Å²) in [7, 11) is 0. The number of hydrogen-bond acceptors (Lipinski definition) is 4. The monoisotopic (exact) mass is 442 g/mol. The second kappa shape index (κ2) is 7.22. The van der Waals surface area contributed by atoms with Crippen LogP contribution in [0.2, 0.25) is 0 Å². The lowest BCUT2D eigenvalue weighted by atomic mass is 10.0. The normalized spacial score (nSPS) is 12.8. The fourth-order valence-corrected chi connectivity index (χ4v) is 2.34. The number of nitrogens with zero attached hydrogens (tertiary/aromatic N) is 2. The van der Waals surface area contributed by atoms with Gasteiger partial charge >= 0.3 is 18.7 Å². The molecule has 0 aliphatic carbocycles. The van der Waals surface area contributed by atoms with Gasteiger partial charge in [-0.2, -0.15) is 31.3 Å². The molecule has 0 N–H and O–H groups in total. The summed E-state index contributed by atoms with van der Waals surface area (Å²) < 4.78 is 123. The minimum atomic E-state index is -5.06. The van der Waals surface area contributed by atoms with Crippen molar-refractivity contribution in [2.75, 3.05) is 0 Å². The summed E-state index contributed by atoms with van der Waals surface area (Å²) in [6.07, 6.45) is -15.0. The van der Waals surface area contributed by atoms with Gasteiger partial charge in [-0.3, -0.25) is 0 Å². The molecule has 13 heteroatoms. The number of hydrogen-bond donors (Lipinski definition) is 0. The van der Waals surface area contributed by atoms with Gasteiger partial charge in [-0.25, -0.2) is 0 Å². The Morgan fingerprint density at radius 2 is 1.23 bits per heavy atom. The average Bonchev–Trinajstić information content (AvgIpc) is 3.09. The summed E-state index contributed by atoms with van der Waals surface area (Å²) >= 11 is 0. The van der Waals surface area contributed by atoms with Gasteiger partial charge in [0.2, 0.25) is 5.82 Å². The molecule has 0 amide bonds. The Morgan fingerprint density at radius 3 is 1.70 bits per heavy atom. The van der Waals surface area contributed by atoms with Gasteiger partial charge in [-0.05, 0) is 42.5 Å². The second-order valence-corrected chi connectivity index (χ2v) is 5.79. The topological polar surface area (TPSA) is 48.2 Å². The van der Waals surface area contributed by atoms with E-state index >= 15 is 0 Å². The molecule has 0 bridgehead atoms. The zero-order valence-electron chi connectivity index (χ0n) is 14.2. The third-order valence-electron chi connectivity index (χ3n) is 3.61. The van der Waals surface area contributed by atoms with E-state index in [9.17, 15) is 39.5 Å². The Labute approximate surface area is 160 Å². The first kappa shape index (κ1) is 21.5. The Morgan fingerprint density at radius 1 is 0.700 bits per heavy atom. The highest BCUT2D eigenvalue weighted by Gasteiger charge is 2.37. The van der Waals surface area contributed by atoms with Crippen molar-refractivity contribution < 1.29 is 48.8 Å². The van der Waals surface area contributed by atoms with E-state index in [1.807, 2.05) is 0 Å². The van der Waals surface area contributed by atoms with Gasteiger partial charge in [0.05, 0.1) is 11.1 Å². The van der Waals surface area contributed by atoms with Crippen LogP contribution in [0.25, 0.3) is 22.8 Å². The van der Waals surface area contributed by atoms with Crippen molar-refractivity contribution in [2.24, 2.45) is 0 Å². The minimum absolute atomic E-state index is 0.0517. The Kier molecular flexibility index (Phi) is 5.16. The molecular weight excluding hydrogens is 435 g/mol. The van der Waals surface area contributed by atoms with Crippen molar-refractivity contribution >= 4 is 0 Å². The number of ether oxygens (including phenoxy) is 1. The smallest absolute Gasteiger partial charge is 0.406 e. The summed E-state index contributed by atoms with van der Waals surface area (Å²) in [5.41, 5.74) is -3.67. The van der Waals surface area contributed by atoms with Crippen molar-refractivity contribution in [1.29, 1.82) is 0 Å². The first-order valence-corrected chi connectivity index (χ1v) is 7.72. The lowest BCUT2D eigenvalue weighted by Gasteiger charge is -2.12. The minimum Gasteiger partial charge on any atom is -0.406 e. The number of benzene rings is 2. The third-order valence-corrected chi connectivity index (χ3v) is 3.61. The Hall–Kier alpha value is -3.25. The highest BCUT2D eigenvalue weighted by molar-refractivity contribution is 5.62. The number of alkyl halides is 9. The van der Waals surface area contributed by atoms with E-state index in [-0.39, 0.29) is 17.5 Å². The molecule has 0 spiro atoms. The van der Waals surface area contributed by atoms with Crippen molar-refractivity contribution in [3.63, 3.8) is 0 Å². The van der Waals surface area contributed by atoms with Crippen LogP contribution in [0.1, 0.15) is 11.1 Å². The quantitative estimate of drug-likeness (QED) is 0.444. The highest BCUT2D eigenvalue weighted by Crippen LogP contribution is 2.38. The molecule has 0 aliphatic heterocycles. The molecule has 0 atom stereocenters. The Bertz CT molecular complexity index is 1000. The van der Waals surface area contributed by atoms with Crippen LogP contribution >= 0.6 is 0 Å². The summed E-state index contributed by atoms with van der Waals surface area (Å²) in [4.78, 5) is 3.73. The van der Waals surface area contributed by atoms with Gasteiger partial charge in [0, 0.05) is 11.1 Å². The fraction of sp³-hybridized carbons (Fsp3) is 0.176. The van der Waals surface area contributed by atoms with Gasteiger partial charge in [0.25, 0.3) is 5.89 Å². The van der Waals surface area contributed by atoms with E-state index in [0.29, 0.717) is 12.1 Å². The first-order valence-electron chi connectivity index (χ1n) is 7.72. The van der Waals surface area contributed by atoms with E-state index in [1.54, 1.807) is 0 Å². The molecule has 0 saturated carbocycles. The molecule has 4 nitrogen and oxygen atoms in total. The maximum atomic E-state index is 13.0. The van der Waals surface area contributed by atoms with Crippen molar-refractivity contribution in [3.8, 4) is 28.6 Å². The zero-order chi connectivity index (χ0) is 22.3. The number of halogens is 9. The van der Waals surface area contributed by atoms with Gasteiger partial charge in [0.15, 0.2) is 0 Å². The van der Waals surface area contributed by atoms with Crippen LogP contribution in [0.4, 0.5) is 39.5 Å². The van der Waals surface area contributed by atoms with Gasteiger partial charge < -0.3 is 9.26 Å². The van der Waals surface area contributed by atoms with Crippen LogP contribution in [0.15, 0.2) is 47.0 Å². The van der Waals surface area contributed by atoms with Crippen LogP contribution in [0, 0.1) is 0 Å². The summed E-state index contributed by atoms with van der Waals surface area (Å²) in [5, 5.41) is 3.36. The van der Waals surface area contributed by atoms with Crippen molar-refractivity contribution in [1.82, 2.24) is 10.1 Å². The van der Waals surface area contributed by atoms with Crippen molar-refractivity contribution in [3.05, 3.63) is 53.6 Å². The van der Waals surface area contributed by atoms with Gasteiger partial charge in [-0.1, -0.05) is 5.16 Å². The lowest BCUT2D eigenvalue weighted by molar-refractivity contribution is -0.274. The largest absolute Gasteiger partial charge is 0.573 e. The molecule has 3 aromatic rings. The van der Waals surface area contributed by atoms with Gasteiger partial charge in [-0.15, -0.1) is 13.2 Å². The van der Waals surface area contributed by atoms with Crippen LogP contribution in [0.5, 0.6) is 5.75 Å². The maximum Gasteiger partial charge on any atom is 0.573 e. The maximum absolute atomic E-state index is 13.0. The highest BCUT2D eigenvalue weighted by atomic mass is 19.4. The molecular formula is C17H7F9N2O2. The molecule has 0 radical (unpaired) electrons. The van der Waals surface area contributed by atoms with Crippen LogP contribution < -0.4 is 4.74 Å². The van der Waals surface area contributed by atoms with E-state index in [1.165, 1.54) is 0 Å². The predicted molar refractivity (Wildman–Crippen MR) is 81.9 cm³/mol. The van der Waals surface area contributed by atoms with Crippen LogP contribution in [0.3, 0.4) is 0 Å². The third kappa shape index (κ3) is 5.02. The van der Waals surface area contributed by atoms with Crippen LogP contribution in [-0.4, -0.2) is 16.5 Å². The molecule has 0 unspecified atom stereocenters. The SMILES string of the molecule is FC(F)(F)Oc1ccc(-c2nc(-c3cc(C(F)(F)F)cc(C(F)(F)F)c3)no2)cc1. The number of aromatic nitrogens is 2. The molecule has 0 fully saturated rings. The lowest BCUT2D eigenvalue weighted by Crippen LogP contribution is -2.16. The van der Waals surface area contributed by atoms with Crippen molar-refractivity contribution in [2.45, 2.75) is 18.7 Å². The summed E-state index contributed by atoms with van der Waals surface area (Å²) in [6.45, 7) is 0. The van der Waals surface area contributed by atoms with Crippen LogP contribution in [-0.2, 0) is 12.4 Å². The zero-order valence-corrected chi connectivity index (χ0v) is 14.2. The van der Waals surface area contributed by atoms with Gasteiger partial charge in [0.1, 0.15) is 5.75 Å². The summed E-state index contributed by atoms with van der Waals surface area (Å²) in [5.74, 6) is -1.47. The van der Waals surface area contributed by atoms with E-state index < -0.39 is 47.0 Å². The molecule has 0 saturated heterocycles. The number of rotatable bonds is 3.